The number of para-hydroxylation sites is 1. The van der Waals surface area contributed by atoms with Crippen molar-refractivity contribution in [1.29, 1.82) is 0 Å². The standard InChI is InChI=1S/C24H27ClFN5O4/c1-3-16(14-35-2)30(12-20(32)28-11-15-7-6-9-18(25)22(15)26)21(33)13-31-19-10-5-4-8-17(19)23(29-31)24(27)34/h4-10,16H,3,11-14H2,1-2H3,(H2,27,34)(H,28,32). The molecule has 1 unspecified atom stereocenters. The highest BCUT2D eigenvalue weighted by atomic mass is 35.5. The molecule has 9 nitrogen and oxygen atoms in total. The van der Waals surface area contributed by atoms with E-state index in [9.17, 15) is 18.8 Å². The molecule has 0 bridgehead atoms. The van der Waals surface area contributed by atoms with Gasteiger partial charge in [-0.15, -0.1) is 0 Å². The highest BCUT2D eigenvalue weighted by Crippen LogP contribution is 2.19. The van der Waals surface area contributed by atoms with Crippen LogP contribution in [0.4, 0.5) is 4.39 Å². The summed E-state index contributed by atoms with van der Waals surface area (Å²) in [6, 6.07) is 11.1. The molecule has 11 heteroatoms. The summed E-state index contributed by atoms with van der Waals surface area (Å²) >= 11 is 5.80. The Morgan fingerprint density at radius 2 is 1.97 bits per heavy atom. The van der Waals surface area contributed by atoms with Crippen molar-refractivity contribution >= 4 is 40.2 Å². The number of halogens is 2. The summed E-state index contributed by atoms with van der Waals surface area (Å²) in [6.45, 7) is 1.51. The van der Waals surface area contributed by atoms with Crippen molar-refractivity contribution in [2.24, 2.45) is 5.73 Å². The number of hydrogen-bond donors (Lipinski definition) is 2. The van der Waals surface area contributed by atoms with Crippen LogP contribution in [0.2, 0.25) is 5.02 Å². The molecule has 3 N–H and O–H groups in total. The van der Waals surface area contributed by atoms with Gasteiger partial charge in [0.25, 0.3) is 5.91 Å². The minimum atomic E-state index is -0.706. The van der Waals surface area contributed by atoms with Gasteiger partial charge >= 0.3 is 0 Å². The maximum atomic E-state index is 14.1. The second-order valence-electron chi connectivity index (χ2n) is 7.92. The van der Waals surface area contributed by atoms with Gasteiger partial charge in [0.2, 0.25) is 11.8 Å². The summed E-state index contributed by atoms with van der Waals surface area (Å²) < 4.78 is 20.8. The molecule has 186 valence electrons. The van der Waals surface area contributed by atoms with Crippen LogP contribution in [0.5, 0.6) is 0 Å². The molecular weight excluding hydrogens is 477 g/mol. The van der Waals surface area contributed by atoms with Crippen LogP contribution < -0.4 is 11.1 Å². The SMILES string of the molecule is CCC(COC)N(CC(=O)NCc1cccc(Cl)c1F)C(=O)Cn1nc(C(N)=O)c2ccccc21. The van der Waals surface area contributed by atoms with Gasteiger partial charge in [-0.1, -0.05) is 48.9 Å². The highest BCUT2D eigenvalue weighted by Gasteiger charge is 2.26. The van der Waals surface area contributed by atoms with E-state index < -0.39 is 29.6 Å². The third kappa shape index (κ3) is 6.14. The Kier molecular flexibility index (Phi) is 8.78. The summed E-state index contributed by atoms with van der Waals surface area (Å²) in [7, 11) is 1.51. The molecule has 0 radical (unpaired) electrons. The molecule has 3 aromatic rings. The number of nitrogens with one attached hydrogen (secondary N) is 1. The predicted molar refractivity (Wildman–Crippen MR) is 129 cm³/mol. The number of methoxy groups -OCH3 is 1. The van der Waals surface area contributed by atoms with Gasteiger partial charge in [0.05, 0.1) is 29.7 Å². The van der Waals surface area contributed by atoms with E-state index in [0.29, 0.717) is 17.3 Å². The fraction of sp³-hybridized carbons (Fsp3) is 0.333. The van der Waals surface area contributed by atoms with Crippen molar-refractivity contribution in [2.75, 3.05) is 20.3 Å². The number of nitrogens with two attached hydrogens (primary N) is 1. The van der Waals surface area contributed by atoms with Gasteiger partial charge in [0, 0.05) is 24.6 Å². The molecule has 35 heavy (non-hydrogen) atoms. The van der Waals surface area contributed by atoms with Gasteiger partial charge < -0.3 is 20.7 Å². The molecule has 3 amide bonds. The number of carbonyl (C=O) groups excluding carboxylic acids is 3. The van der Waals surface area contributed by atoms with Crippen molar-refractivity contribution < 1.29 is 23.5 Å². The maximum Gasteiger partial charge on any atom is 0.269 e. The first-order valence-electron chi connectivity index (χ1n) is 11.0. The Bertz CT molecular complexity index is 1230. The van der Waals surface area contributed by atoms with Gasteiger partial charge in [-0.05, 0) is 18.6 Å². The summed E-state index contributed by atoms with van der Waals surface area (Å²) in [4.78, 5) is 39.3. The average Bonchev–Trinajstić information content (AvgIpc) is 3.21. The fourth-order valence-electron chi connectivity index (χ4n) is 3.78. The van der Waals surface area contributed by atoms with Crippen LogP contribution in [-0.4, -0.2) is 58.7 Å². The Hall–Kier alpha value is -3.50. The van der Waals surface area contributed by atoms with E-state index in [4.69, 9.17) is 22.1 Å². The first-order valence-corrected chi connectivity index (χ1v) is 11.4. The van der Waals surface area contributed by atoms with E-state index in [0.717, 1.165) is 0 Å². The third-order valence-electron chi connectivity index (χ3n) is 5.59. The summed E-state index contributed by atoms with van der Waals surface area (Å²) in [6.07, 6.45) is 0.530. The molecule has 0 aliphatic heterocycles. The van der Waals surface area contributed by atoms with Crippen molar-refractivity contribution in [3.05, 3.63) is 64.6 Å². The first kappa shape index (κ1) is 26.1. The lowest BCUT2D eigenvalue weighted by Gasteiger charge is -2.30. The van der Waals surface area contributed by atoms with E-state index in [2.05, 4.69) is 10.4 Å². The Morgan fingerprint density at radius 3 is 2.66 bits per heavy atom. The maximum absolute atomic E-state index is 14.1. The molecule has 0 fully saturated rings. The number of amides is 3. The molecule has 0 aliphatic carbocycles. The number of ether oxygens (including phenoxy) is 1. The van der Waals surface area contributed by atoms with Gasteiger partial charge in [0.15, 0.2) is 5.69 Å². The van der Waals surface area contributed by atoms with Crippen molar-refractivity contribution in [3.8, 4) is 0 Å². The second-order valence-corrected chi connectivity index (χ2v) is 8.32. The molecule has 0 spiro atoms. The normalized spacial score (nSPS) is 11.9. The Labute approximate surface area is 207 Å². The van der Waals surface area contributed by atoms with E-state index in [1.807, 2.05) is 6.92 Å². The van der Waals surface area contributed by atoms with Crippen LogP contribution in [0.1, 0.15) is 29.4 Å². The number of nitrogens with zero attached hydrogens (tertiary/aromatic N) is 3. The Balaban J connectivity index is 1.80. The zero-order valence-corrected chi connectivity index (χ0v) is 20.2. The van der Waals surface area contributed by atoms with Crippen LogP contribution in [0.15, 0.2) is 42.5 Å². The molecule has 0 saturated carbocycles. The second kappa shape index (κ2) is 11.8. The molecule has 0 saturated heterocycles. The molecule has 1 atom stereocenters. The minimum absolute atomic E-state index is 0.0403. The molecular formula is C24H27ClFN5O4. The number of carbonyl (C=O) groups is 3. The van der Waals surface area contributed by atoms with Gasteiger partial charge in [-0.3, -0.25) is 19.1 Å². The monoisotopic (exact) mass is 503 g/mol. The molecule has 1 heterocycles. The summed E-state index contributed by atoms with van der Waals surface area (Å²) in [5, 5.41) is 7.35. The zero-order chi connectivity index (χ0) is 25.5. The van der Waals surface area contributed by atoms with Crippen molar-refractivity contribution in [3.63, 3.8) is 0 Å². The highest BCUT2D eigenvalue weighted by molar-refractivity contribution is 6.30. The number of hydrogen-bond acceptors (Lipinski definition) is 5. The van der Waals surface area contributed by atoms with E-state index in [-0.39, 0.29) is 42.5 Å². The van der Waals surface area contributed by atoms with E-state index in [1.165, 1.54) is 28.8 Å². The van der Waals surface area contributed by atoms with Crippen molar-refractivity contribution in [1.82, 2.24) is 20.0 Å². The zero-order valence-electron chi connectivity index (χ0n) is 19.5. The number of fused-ring (bicyclic) bond motifs is 1. The lowest BCUT2D eigenvalue weighted by molar-refractivity contribution is -0.140. The first-order chi connectivity index (χ1) is 16.8. The van der Waals surface area contributed by atoms with E-state index >= 15 is 0 Å². The summed E-state index contributed by atoms with van der Waals surface area (Å²) in [5.41, 5.74) is 6.30. The molecule has 3 rings (SSSR count). The quantitative estimate of drug-likeness (QED) is 0.416. The number of aromatic nitrogens is 2. The number of rotatable bonds is 11. The predicted octanol–water partition coefficient (Wildman–Crippen LogP) is 2.50. The van der Waals surface area contributed by atoms with Crippen molar-refractivity contribution in [2.45, 2.75) is 32.5 Å². The topological polar surface area (TPSA) is 120 Å². The largest absolute Gasteiger partial charge is 0.383 e. The lowest BCUT2D eigenvalue weighted by atomic mass is 10.2. The van der Waals surface area contributed by atoms with Crippen LogP contribution in [0, 0.1) is 5.82 Å². The lowest BCUT2D eigenvalue weighted by Crippen LogP contribution is -2.49. The number of primary amides is 1. The van der Waals surface area contributed by atoms with Crippen LogP contribution in [0.3, 0.4) is 0 Å². The Morgan fingerprint density at radius 1 is 1.23 bits per heavy atom. The van der Waals surface area contributed by atoms with Gasteiger partial charge in [0.1, 0.15) is 12.4 Å². The molecule has 0 aliphatic rings. The van der Waals surface area contributed by atoms with Crippen LogP contribution >= 0.6 is 11.6 Å². The molecule has 1 aromatic heterocycles. The van der Waals surface area contributed by atoms with Gasteiger partial charge in [-0.2, -0.15) is 5.10 Å². The van der Waals surface area contributed by atoms with Crippen LogP contribution in [0.25, 0.3) is 10.9 Å². The van der Waals surface area contributed by atoms with E-state index in [1.54, 1.807) is 30.3 Å². The molecule has 2 aromatic carbocycles. The number of benzene rings is 2. The van der Waals surface area contributed by atoms with Gasteiger partial charge in [-0.25, -0.2) is 4.39 Å². The minimum Gasteiger partial charge on any atom is -0.383 e. The third-order valence-corrected chi connectivity index (χ3v) is 5.88. The summed E-state index contributed by atoms with van der Waals surface area (Å²) in [5.74, 6) is -2.19. The smallest absolute Gasteiger partial charge is 0.269 e. The average molecular weight is 504 g/mol. The van der Waals surface area contributed by atoms with Crippen LogP contribution in [-0.2, 0) is 27.4 Å². The fourth-order valence-corrected chi connectivity index (χ4v) is 3.97.